The third-order valence-electron chi connectivity index (χ3n) is 4.09. The number of anilines is 1. The molecule has 0 atom stereocenters. The maximum atomic E-state index is 12.3. The van der Waals surface area contributed by atoms with E-state index in [1.54, 1.807) is 0 Å². The molecule has 0 spiro atoms. The highest BCUT2D eigenvalue weighted by Gasteiger charge is 2.42. The molecule has 2 aliphatic carbocycles. The monoisotopic (exact) mass is 258 g/mol. The lowest BCUT2D eigenvalue weighted by Gasteiger charge is -2.17. The summed E-state index contributed by atoms with van der Waals surface area (Å²) < 4.78 is 0. The highest BCUT2D eigenvalue weighted by molar-refractivity contribution is 5.94. The number of amides is 1. The Bertz CT molecular complexity index is 434. The van der Waals surface area contributed by atoms with Gasteiger partial charge in [-0.2, -0.15) is 0 Å². The Morgan fingerprint density at radius 1 is 1.16 bits per heavy atom. The molecule has 0 heterocycles. The van der Waals surface area contributed by atoms with Crippen molar-refractivity contribution in [1.29, 1.82) is 0 Å². The summed E-state index contributed by atoms with van der Waals surface area (Å²) in [4.78, 5) is 12.3. The Kier molecular flexibility index (Phi) is 3.45. The van der Waals surface area contributed by atoms with E-state index in [2.05, 4.69) is 17.6 Å². The van der Waals surface area contributed by atoms with Gasteiger partial charge in [-0.25, -0.2) is 0 Å². The molecule has 2 aliphatic rings. The highest BCUT2D eigenvalue weighted by atomic mass is 16.1. The second-order valence-corrected chi connectivity index (χ2v) is 5.78. The first kappa shape index (κ1) is 12.5. The molecule has 1 aromatic carbocycles. The van der Waals surface area contributed by atoms with E-state index in [0.717, 1.165) is 29.6 Å². The number of carbonyl (C=O) groups is 1. The zero-order valence-electron chi connectivity index (χ0n) is 11.5. The van der Waals surface area contributed by atoms with Gasteiger partial charge < -0.3 is 10.6 Å². The zero-order valence-corrected chi connectivity index (χ0v) is 11.5. The maximum Gasteiger partial charge on any atom is 0.251 e. The van der Waals surface area contributed by atoms with Crippen LogP contribution >= 0.6 is 0 Å². The van der Waals surface area contributed by atoms with Gasteiger partial charge in [-0.3, -0.25) is 4.79 Å². The van der Waals surface area contributed by atoms with Crippen LogP contribution < -0.4 is 10.6 Å². The van der Waals surface area contributed by atoms with Crippen LogP contribution in [0, 0.1) is 11.8 Å². The molecule has 2 fully saturated rings. The molecule has 0 saturated heterocycles. The van der Waals surface area contributed by atoms with Crippen LogP contribution in [0.3, 0.4) is 0 Å². The minimum Gasteiger partial charge on any atom is -0.385 e. The van der Waals surface area contributed by atoms with Crippen molar-refractivity contribution in [3.63, 3.8) is 0 Å². The van der Waals surface area contributed by atoms with E-state index < -0.39 is 0 Å². The Labute approximate surface area is 114 Å². The molecule has 0 bridgehead atoms. The average molecular weight is 258 g/mol. The predicted octanol–water partition coefficient (Wildman–Crippen LogP) is 3.04. The summed E-state index contributed by atoms with van der Waals surface area (Å²) in [5, 5.41) is 6.49. The SMILES string of the molecule is CCNc1ccc(C(=O)NC(C2CC2)C2CC2)cc1. The van der Waals surface area contributed by atoms with Crippen molar-refractivity contribution in [2.45, 2.75) is 38.6 Å². The Morgan fingerprint density at radius 3 is 2.21 bits per heavy atom. The molecule has 2 saturated carbocycles. The molecule has 0 unspecified atom stereocenters. The smallest absolute Gasteiger partial charge is 0.251 e. The summed E-state index contributed by atoms with van der Waals surface area (Å²) in [6.45, 7) is 2.97. The average Bonchev–Trinajstić information content (AvgIpc) is 3.30. The molecule has 0 aromatic heterocycles. The van der Waals surface area contributed by atoms with Crippen molar-refractivity contribution in [2.75, 3.05) is 11.9 Å². The van der Waals surface area contributed by atoms with Crippen LogP contribution in [0.1, 0.15) is 43.0 Å². The van der Waals surface area contributed by atoms with Crippen LogP contribution in [0.25, 0.3) is 0 Å². The molecule has 0 radical (unpaired) electrons. The van der Waals surface area contributed by atoms with Gasteiger partial charge in [0, 0.05) is 23.8 Å². The number of carbonyl (C=O) groups excluding carboxylic acids is 1. The third-order valence-corrected chi connectivity index (χ3v) is 4.09. The van der Waals surface area contributed by atoms with Crippen LogP contribution in [0.4, 0.5) is 5.69 Å². The molecule has 3 rings (SSSR count). The molecule has 3 nitrogen and oxygen atoms in total. The molecule has 1 aromatic rings. The predicted molar refractivity (Wildman–Crippen MR) is 77.3 cm³/mol. The van der Waals surface area contributed by atoms with Gasteiger partial charge in [-0.05, 0) is 68.7 Å². The van der Waals surface area contributed by atoms with E-state index in [0.29, 0.717) is 6.04 Å². The Morgan fingerprint density at radius 2 is 1.74 bits per heavy atom. The van der Waals surface area contributed by atoms with Crippen LogP contribution in [0.15, 0.2) is 24.3 Å². The molecular weight excluding hydrogens is 236 g/mol. The van der Waals surface area contributed by atoms with Crippen LogP contribution in [0.5, 0.6) is 0 Å². The quantitative estimate of drug-likeness (QED) is 0.823. The summed E-state index contributed by atoms with van der Waals surface area (Å²) in [7, 11) is 0. The van der Waals surface area contributed by atoms with Gasteiger partial charge >= 0.3 is 0 Å². The first-order valence-corrected chi connectivity index (χ1v) is 7.42. The van der Waals surface area contributed by atoms with Gasteiger partial charge in [-0.1, -0.05) is 0 Å². The van der Waals surface area contributed by atoms with E-state index in [1.807, 2.05) is 24.3 Å². The van der Waals surface area contributed by atoms with Gasteiger partial charge in [0.2, 0.25) is 0 Å². The van der Waals surface area contributed by atoms with E-state index >= 15 is 0 Å². The van der Waals surface area contributed by atoms with Gasteiger partial charge in [0.25, 0.3) is 5.91 Å². The number of hydrogen-bond donors (Lipinski definition) is 2. The van der Waals surface area contributed by atoms with Gasteiger partial charge in [-0.15, -0.1) is 0 Å². The number of hydrogen-bond acceptors (Lipinski definition) is 2. The number of nitrogens with one attached hydrogen (secondary N) is 2. The van der Waals surface area contributed by atoms with Crippen molar-refractivity contribution < 1.29 is 4.79 Å². The second kappa shape index (κ2) is 5.24. The first-order valence-electron chi connectivity index (χ1n) is 7.42. The molecule has 102 valence electrons. The fourth-order valence-electron chi connectivity index (χ4n) is 2.71. The molecular formula is C16H22N2O. The van der Waals surface area contributed by atoms with Gasteiger partial charge in [0.15, 0.2) is 0 Å². The first-order chi connectivity index (χ1) is 9.28. The minimum absolute atomic E-state index is 0.0897. The molecule has 2 N–H and O–H groups in total. The second-order valence-electron chi connectivity index (χ2n) is 5.78. The van der Waals surface area contributed by atoms with Crippen LogP contribution in [0.2, 0.25) is 0 Å². The fraction of sp³-hybridized carbons (Fsp3) is 0.562. The van der Waals surface area contributed by atoms with Crippen molar-refractivity contribution in [3.8, 4) is 0 Å². The van der Waals surface area contributed by atoms with Crippen LogP contribution in [-0.2, 0) is 0 Å². The largest absolute Gasteiger partial charge is 0.385 e. The van der Waals surface area contributed by atoms with E-state index in [9.17, 15) is 4.79 Å². The van der Waals surface area contributed by atoms with Gasteiger partial charge in [0.05, 0.1) is 0 Å². The Balaban J connectivity index is 1.62. The lowest BCUT2D eigenvalue weighted by atomic mass is 10.1. The number of benzene rings is 1. The highest BCUT2D eigenvalue weighted by Crippen LogP contribution is 2.44. The summed E-state index contributed by atoms with van der Waals surface area (Å²) in [6.07, 6.45) is 5.17. The summed E-state index contributed by atoms with van der Waals surface area (Å²) in [5.41, 5.74) is 1.84. The Hall–Kier alpha value is -1.51. The topological polar surface area (TPSA) is 41.1 Å². The standard InChI is InChI=1S/C16H22N2O/c1-2-17-14-9-7-13(8-10-14)16(19)18-15(11-3-4-11)12-5-6-12/h7-12,15,17H,2-6H2,1H3,(H,18,19). The van der Waals surface area contributed by atoms with Gasteiger partial charge in [0.1, 0.15) is 0 Å². The summed E-state index contributed by atoms with van der Waals surface area (Å²) >= 11 is 0. The molecule has 19 heavy (non-hydrogen) atoms. The summed E-state index contributed by atoms with van der Waals surface area (Å²) in [6, 6.07) is 8.19. The molecule has 0 aliphatic heterocycles. The van der Waals surface area contributed by atoms with Crippen molar-refractivity contribution in [2.24, 2.45) is 11.8 Å². The van der Waals surface area contributed by atoms with Crippen LogP contribution in [-0.4, -0.2) is 18.5 Å². The lowest BCUT2D eigenvalue weighted by Crippen LogP contribution is -2.38. The lowest BCUT2D eigenvalue weighted by molar-refractivity contribution is 0.0926. The normalized spacial score (nSPS) is 18.4. The van der Waals surface area contributed by atoms with E-state index in [-0.39, 0.29) is 5.91 Å². The van der Waals surface area contributed by atoms with Crippen molar-refractivity contribution in [3.05, 3.63) is 29.8 Å². The van der Waals surface area contributed by atoms with E-state index in [4.69, 9.17) is 0 Å². The number of rotatable bonds is 6. The maximum absolute atomic E-state index is 12.3. The fourth-order valence-corrected chi connectivity index (χ4v) is 2.71. The van der Waals surface area contributed by atoms with Crippen molar-refractivity contribution >= 4 is 11.6 Å². The molecule has 1 amide bonds. The third kappa shape index (κ3) is 3.09. The minimum atomic E-state index is 0.0897. The van der Waals surface area contributed by atoms with E-state index in [1.165, 1.54) is 25.7 Å². The molecule has 3 heteroatoms. The zero-order chi connectivity index (χ0) is 13.2. The summed E-state index contributed by atoms with van der Waals surface area (Å²) in [5.74, 6) is 1.59. The van der Waals surface area contributed by atoms with Crippen molar-refractivity contribution in [1.82, 2.24) is 5.32 Å².